The molecule has 1 atom stereocenters. The predicted molar refractivity (Wildman–Crippen MR) is 126 cm³/mol. The number of benzene rings is 1. The van der Waals surface area contributed by atoms with E-state index >= 15 is 0 Å². The first-order valence-corrected chi connectivity index (χ1v) is 13.1. The van der Waals surface area contributed by atoms with Gasteiger partial charge >= 0.3 is 5.97 Å². The van der Waals surface area contributed by atoms with Crippen molar-refractivity contribution in [3.63, 3.8) is 0 Å². The molecule has 1 aliphatic carbocycles. The molecular weight excluding hydrogens is 462 g/mol. The average Bonchev–Trinajstić information content (AvgIpc) is 3.15. The third-order valence-electron chi connectivity index (χ3n) is 5.81. The Balaban J connectivity index is 1.32. The van der Waals surface area contributed by atoms with E-state index in [2.05, 4.69) is 19.7 Å². The van der Waals surface area contributed by atoms with Crippen LogP contribution in [0.5, 0.6) is 0 Å². The molecule has 0 bridgehead atoms. The van der Waals surface area contributed by atoms with E-state index in [1.807, 2.05) is 0 Å². The maximum Gasteiger partial charge on any atom is 0.331 e. The normalized spacial score (nSPS) is 18.9. The van der Waals surface area contributed by atoms with Gasteiger partial charge in [-0.3, -0.25) is 9.71 Å². The average molecular weight is 486 g/mol. The maximum absolute atomic E-state index is 12.5. The number of amidine groups is 1. The van der Waals surface area contributed by atoms with Crippen LogP contribution in [0.2, 0.25) is 0 Å². The zero-order valence-corrected chi connectivity index (χ0v) is 19.6. The lowest BCUT2D eigenvalue weighted by atomic mass is 10.1. The quantitative estimate of drug-likeness (QED) is 0.428. The first-order chi connectivity index (χ1) is 15.8. The SMILES string of the molecule is C[C@H](N=C1NS(=O)(=O)c2ccccc21)C(=O)OCc1nc(N)c2c3c(sc2n1)CCCCC3. The van der Waals surface area contributed by atoms with Crippen LogP contribution in [0.4, 0.5) is 5.82 Å². The Labute approximate surface area is 195 Å². The Hall–Kier alpha value is -3.05. The number of fused-ring (bicyclic) bond motifs is 4. The van der Waals surface area contributed by atoms with Crippen LogP contribution in [0.15, 0.2) is 34.2 Å². The van der Waals surface area contributed by atoms with Crippen molar-refractivity contribution in [3.05, 3.63) is 46.1 Å². The number of aryl methyl sites for hydroxylation is 2. The Morgan fingerprint density at radius 3 is 2.88 bits per heavy atom. The van der Waals surface area contributed by atoms with Gasteiger partial charge in [0.1, 0.15) is 22.5 Å². The summed E-state index contributed by atoms with van der Waals surface area (Å²) in [5.74, 6) is 0.250. The number of nitrogens with one attached hydrogen (secondary N) is 1. The van der Waals surface area contributed by atoms with Gasteiger partial charge in [-0.2, -0.15) is 0 Å². The standard InChI is InChI=1S/C22H23N5O4S2/c1-12(24-20-14-8-5-6-10-16(14)33(29,30)27-20)22(28)31-11-17-25-19(23)18-13-7-3-2-4-9-15(13)32-21(18)26-17/h5-6,8,10,12H,2-4,7,9,11H2,1H3,(H,24,27)(H2,23,25,26)/t12-/m0/s1. The molecule has 3 N–H and O–H groups in total. The third kappa shape index (κ3) is 4.06. The predicted octanol–water partition coefficient (Wildman–Crippen LogP) is 2.71. The number of hydrogen-bond donors (Lipinski definition) is 2. The molecule has 2 aromatic heterocycles. The molecule has 3 aromatic rings. The summed E-state index contributed by atoms with van der Waals surface area (Å²) in [5.41, 5.74) is 7.94. The number of ether oxygens (including phenoxy) is 1. The third-order valence-corrected chi connectivity index (χ3v) is 8.39. The van der Waals surface area contributed by atoms with Crippen molar-refractivity contribution in [2.45, 2.75) is 56.6 Å². The van der Waals surface area contributed by atoms with Crippen molar-refractivity contribution >= 4 is 49.2 Å². The van der Waals surface area contributed by atoms with E-state index in [4.69, 9.17) is 10.5 Å². The van der Waals surface area contributed by atoms with Gasteiger partial charge in [0.25, 0.3) is 10.0 Å². The number of esters is 1. The smallest absolute Gasteiger partial charge is 0.331 e. The zero-order chi connectivity index (χ0) is 23.2. The second-order valence-corrected chi connectivity index (χ2v) is 10.9. The van der Waals surface area contributed by atoms with Gasteiger partial charge in [-0.05, 0) is 50.3 Å². The molecule has 5 rings (SSSR count). The highest BCUT2D eigenvalue weighted by Gasteiger charge is 2.31. The molecule has 0 unspecified atom stereocenters. The molecule has 33 heavy (non-hydrogen) atoms. The van der Waals surface area contributed by atoms with Gasteiger partial charge in [-0.25, -0.2) is 23.2 Å². The number of thiophene rings is 1. The van der Waals surface area contributed by atoms with Crippen LogP contribution in [0.3, 0.4) is 0 Å². The second kappa shape index (κ2) is 8.38. The van der Waals surface area contributed by atoms with Gasteiger partial charge in [-0.1, -0.05) is 18.6 Å². The van der Waals surface area contributed by atoms with Crippen molar-refractivity contribution in [2.24, 2.45) is 4.99 Å². The molecule has 11 heteroatoms. The van der Waals surface area contributed by atoms with Crippen molar-refractivity contribution < 1.29 is 17.9 Å². The van der Waals surface area contributed by atoms with E-state index in [1.165, 1.54) is 29.3 Å². The molecular formula is C22H23N5O4S2. The first-order valence-electron chi connectivity index (χ1n) is 10.8. The molecule has 9 nitrogen and oxygen atoms in total. The van der Waals surface area contributed by atoms with Crippen LogP contribution < -0.4 is 10.5 Å². The highest BCUT2D eigenvalue weighted by Crippen LogP contribution is 2.37. The van der Waals surface area contributed by atoms with Gasteiger partial charge in [0.2, 0.25) is 0 Å². The molecule has 0 saturated carbocycles. The number of anilines is 1. The number of nitrogen functional groups attached to an aromatic ring is 1. The topological polar surface area (TPSA) is 137 Å². The second-order valence-electron chi connectivity index (χ2n) is 8.13. The largest absolute Gasteiger partial charge is 0.456 e. The number of carbonyl (C=O) groups excluding carboxylic acids is 1. The molecule has 0 radical (unpaired) electrons. The van der Waals surface area contributed by atoms with Crippen LogP contribution >= 0.6 is 11.3 Å². The monoisotopic (exact) mass is 485 g/mol. The number of aliphatic imine (C=N–C) groups is 1. The fourth-order valence-corrected chi connectivity index (χ4v) is 6.73. The lowest BCUT2D eigenvalue weighted by Gasteiger charge is -2.09. The Morgan fingerprint density at radius 1 is 1.24 bits per heavy atom. The van der Waals surface area contributed by atoms with Gasteiger partial charge in [-0.15, -0.1) is 11.3 Å². The minimum Gasteiger partial charge on any atom is -0.456 e. The van der Waals surface area contributed by atoms with E-state index in [9.17, 15) is 13.2 Å². The van der Waals surface area contributed by atoms with Crippen molar-refractivity contribution in [1.29, 1.82) is 0 Å². The molecule has 2 aliphatic rings. The highest BCUT2D eigenvalue weighted by atomic mass is 32.2. The number of rotatable bonds is 4. The molecule has 0 fully saturated rings. The van der Waals surface area contributed by atoms with Crippen molar-refractivity contribution in [2.75, 3.05) is 5.73 Å². The summed E-state index contributed by atoms with van der Waals surface area (Å²) in [6, 6.07) is 5.55. The van der Waals surface area contributed by atoms with E-state index in [0.29, 0.717) is 17.2 Å². The molecule has 1 aliphatic heterocycles. The number of hydrogen-bond acceptors (Lipinski definition) is 9. The van der Waals surface area contributed by atoms with Crippen molar-refractivity contribution in [3.8, 4) is 0 Å². The Bertz CT molecular complexity index is 1400. The summed E-state index contributed by atoms with van der Waals surface area (Å²) in [4.78, 5) is 28.0. The molecule has 0 amide bonds. The summed E-state index contributed by atoms with van der Waals surface area (Å²) in [6.45, 7) is 1.40. The lowest BCUT2D eigenvalue weighted by Crippen LogP contribution is -2.26. The van der Waals surface area contributed by atoms with Crippen LogP contribution in [-0.2, 0) is 39.0 Å². The van der Waals surface area contributed by atoms with Crippen LogP contribution in [0.25, 0.3) is 10.2 Å². The molecule has 0 saturated heterocycles. The molecule has 172 valence electrons. The summed E-state index contributed by atoms with van der Waals surface area (Å²) in [5, 5.41) is 0.930. The maximum atomic E-state index is 12.5. The molecule has 1 aromatic carbocycles. The number of nitrogens with zero attached hydrogens (tertiary/aromatic N) is 3. The van der Waals surface area contributed by atoms with Gasteiger partial charge in [0.05, 0.1) is 10.3 Å². The summed E-state index contributed by atoms with van der Waals surface area (Å²) < 4.78 is 32.2. The van der Waals surface area contributed by atoms with E-state index in [-0.39, 0.29) is 17.3 Å². The zero-order valence-electron chi connectivity index (χ0n) is 18.0. The van der Waals surface area contributed by atoms with Crippen LogP contribution in [0.1, 0.15) is 48.0 Å². The molecule has 0 spiro atoms. The van der Waals surface area contributed by atoms with E-state index in [1.54, 1.807) is 36.5 Å². The van der Waals surface area contributed by atoms with Gasteiger partial charge in [0.15, 0.2) is 12.4 Å². The number of nitrogens with two attached hydrogens (primary N) is 1. The van der Waals surface area contributed by atoms with E-state index in [0.717, 1.165) is 29.5 Å². The minimum absolute atomic E-state index is 0.122. The van der Waals surface area contributed by atoms with Gasteiger partial charge in [0, 0.05) is 10.4 Å². The summed E-state index contributed by atoms with van der Waals surface area (Å²) in [7, 11) is -3.68. The minimum atomic E-state index is -3.68. The number of carbonyl (C=O) groups is 1. The summed E-state index contributed by atoms with van der Waals surface area (Å²) in [6.07, 6.45) is 5.54. The number of sulfonamides is 1. The van der Waals surface area contributed by atoms with Crippen molar-refractivity contribution in [1.82, 2.24) is 14.7 Å². The number of aromatic nitrogens is 2. The molecule has 3 heterocycles. The fraction of sp³-hybridized carbons (Fsp3) is 0.364. The summed E-state index contributed by atoms with van der Waals surface area (Å²) >= 11 is 1.64. The Morgan fingerprint density at radius 2 is 2.03 bits per heavy atom. The fourth-order valence-electron chi connectivity index (χ4n) is 4.21. The van der Waals surface area contributed by atoms with Gasteiger partial charge < -0.3 is 10.5 Å². The Kier molecular flexibility index (Phi) is 5.53. The first kappa shape index (κ1) is 21.8. The lowest BCUT2D eigenvalue weighted by molar-refractivity contribution is -0.146. The van der Waals surface area contributed by atoms with E-state index < -0.39 is 22.0 Å². The van der Waals surface area contributed by atoms with Crippen LogP contribution in [0, 0.1) is 0 Å². The van der Waals surface area contributed by atoms with Crippen LogP contribution in [-0.4, -0.2) is 36.2 Å². The highest BCUT2D eigenvalue weighted by molar-refractivity contribution is 7.90.